The fraction of sp³-hybridized carbons (Fsp3) is 0.292. The molecule has 3 aromatic rings. The van der Waals surface area contributed by atoms with E-state index in [0.29, 0.717) is 23.9 Å². The number of pyridine rings is 1. The fourth-order valence-electron chi connectivity index (χ4n) is 3.57. The third kappa shape index (κ3) is 5.95. The molecule has 0 spiro atoms. The van der Waals surface area contributed by atoms with E-state index in [-0.39, 0.29) is 12.5 Å². The number of hydrogen-bond donors (Lipinski definition) is 1. The van der Waals surface area contributed by atoms with Crippen molar-refractivity contribution in [2.24, 2.45) is 0 Å². The lowest BCUT2D eigenvalue weighted by Crippen LogP contribution is -2.48. The van der Waals surface area contributed by atoms with Crippen molar-refractivity contribution in [1.82, 2.24) is 20.1 Å². The van der Waals surface area contributed by atoms with Gasteiger partial charge in [-0.05, 0) is 41.5 Å². The number of ether oxygens (including phenoxy) is 1. The highest BCUT2D eigenvalue weighted by molar-refractivity contribution is 5.73. The van der Waals surface area contributed by atoms with Crippen LogP contribution in [0.4, 0.5) is 11.5 Å². The summed E-state index contributed by atoms with van der Waals surface area (Å²) in [7, 11) is 0. The maximum atomic E-state index is 11.5. The van der Waals surface area contributed by atoms with E-state index in [1.54, 1.807) is 31.3 Å². The fourth-order valence-corrected chi connectivity index (χ4v) is 3.57. The number of benzene rings is 1. The zero-order chi connectivity index (χ0) is 23.0. The van der Waals surface area contributed by atoms with Crippen molar-refractivity contribution in [3.05, 3.63) is 71.5 Å². The van der Waals surface area contributed by atoms with Gasteiger partial charge >= 0.3 is 0 Å². The van der Waals surface area contributed by atoms with Gasteiger partial charge in [0.1, 0.15) is 24.2 Å². The summed E-state index contributed by atoms with van der Waals surface area (Å²) in [6.07, 6.45) is 1.58. The number of piperazine rings is 1. The summed E-state index contributed by atoms with van der Waals surface area (Å²) in [6.45, 7) is 5.76. The number of nitrogens with one attached hydrogen (secondary N) is 1. The molecular weight excluding hydrogens is 418 g/mol. The molecule has 33 heavy (non-hydrogen) atoms. The second-order valence-corrected chi connectivity index (χ2v) is 7.72. The molecule has 1 aromatic carbocycles. The summed E-state index contributed by atoms with van der Waals surface area (Å²) < 4.78 is 5.63. The van der Waals surface area contributed by atoms with E-state index in [4.69, 9.17) is 10.00 Å². The number of nitriles is 1. The topological polar surface area (TPSA) is 107 Å². The number of aromatic nitrogens is 3. The molecule has 0 saturated carbocycles. The zero-order valence-electron chi connectivity index (χ0n) is 18.4. The van der Waals surface area contributed by atoms with Crippen LogP contribution in [0.5, 0.6) is 5.88 Å². The van der Waals surface area contributed by atoms with Crippen LogP contribution in [0, 0.1) is 11.3 Å². The molecule has 0 radical (unpaired) electrons. The minimum absolute atomic E-state index is 0.140. The van der Waals surface area contributed by atoms with Crippen molar-refractivity contribution < 1.29 is 9.53 Å². The van der Waals surface area contributed by atoms with E-state index in [0.717, 1.165) is 37.3 Å². The van der Waals surface area contributed by atoms with Crippen LogP contribution in [0.25, 0.3) is 0 Å². The van der Waals surface area contributed by atoms with Crippen molar-refractivity contribution in [3.63, 3.8) is 0 Å². The number of nitrogens with zero attached hydrogens (tertiary/aromatic N) is 6. The van der Waals surface area contributed by atoms with E-state index in [1.807, 2.05) is 17.0 Å². The number of carbonyl (C=O) groups excluding carboxylic acids is 1. The molecule has 0 bridgehead atoms. The first-order chi connectivity index (χ1) is 16.1. The molecule has 0 unspecified atom stereocenters. The van der Waals surface area contributed by atoms with E-state index >= 15 is 0 Å². The van der Waals surface area contributed by atoms with Gasteiger partial charge in [0.2, 0.25) is 11.8 Å². The first-order valence-electron chi connectivity index (χ1n) is 10.8. The molecule has 2 aromatic heterocycles. The lowest BCUT2D eigenvalue weighted by Gasteiger charge is -2.35. The predicted octanol–water partition coefficient (Wildman–Crippen LogP) is 2.60. The summed E-state index contributed by atoms with van der Waals surface area (Å²) in [5.74, 6) is 1.20. The van der Waals surface area contributed by atoms with Crippen molar-refractivity contribution in [2.45, 2.75) is 20.1 Å². The smallest absolute Gasteiger partial charge is 0.233 e. The Hall–Kier alpha value is -4.19. The molecule has 1 N–H and O–H groups in total. The van der Waals surface area contributed by atoms with Gasteiger partial charge in [0.15, 0.2) is 0 Å². The van der Waals surface area contributed by atoms with E-state index < -0.39 is 0 Å². The quantitative estimate of drug-likeness (QED) is 0.594. The van der Waals surface area contributed by atoms with Crippen molar-refractivity contribution >= 4 is 17.4 Å². The minimum Gasteiger partial charge on any atom is -0.472 e. The lowest BCUT2D eigenvalue weighted by atomic mass is 10.1. The van der Waals surface area contributed by atoms with Crippen LogP contribution in [0.1, 0.15) is 23.7 Å². The van der Waals surface area contributed by atoms with Crippen LogP contribution in [-0.2, 0) is 17.9 Å². The van der Waals surface area contributed by atoms with E-state index in [1.165, 1.54) is 5.69 Å². The van der Waals surface area contributed by atoms with Crippen molar-refractivity contribution in [2.75, 3.05) is 36.4 Å². The summed E-state index contributed by atoms with van der Waals surface area (Å²) >= 11 is 0. The first-order valence-corrected chi connectivity index (χ1v) is 10.8. The minimum atomic E-state index is 0.140. The number of carbonyl (C=O) groups is 1. The van der Waals surface area contributed by atoms with Gasteiger partial charge in [-0.15, -0.1) is 10.2 Å². The second-order valence-electron chi connectivity index (χ2n) is 7.72. The van der Waals surface area contributed by atoms with Gasteiger partial charge in [-0.1, -0.05) is 12.1 Å². The number of amides is 1. The SMILES string of the molecule is CC(=O)N1CCN(c2ccc(CNc3ccc(OCc4ccnc(C#N)c4)nn3)cc2)CC1. The van der Waals surface area contributed by atoms with Gasteiger partial charge in [0.05, 0.1) is 0 Å². The largest absolute Gasteiger partial charge is 0.472 e. The predicted molar refractivity (Wildman–Crippen MR) is 124 cm³/mol. The van der Waals surface area contributed by atoms with E-state index in [2.05, 4.69) is 49.7 Å². The lowest BCUT2D eigenvalue weighted by molar-refractivity contribution is -0.129. The van der Waals surface area contributed by atoms with Gasteiger partial charge < -0.3 is 19.9 Å². The molecule has 1 aliphatic rings. The molecule has 1 amide bonds. The summed E-state index contributed by atoms with van der Waals surface area (Å²) in [5.41, 5.74) is 3.49. The maximum absolute atomic E-state index is 11.5. The Labute approximate surface area is 192 Å². The number of rotatable bonds is 7. The average Bonchev–Trinajstić information content (AvgIpc) is 2.87. The molecular formula is C24H25N7O2. The highest BCUT2D eigenvalue weighted by atomic mass is 16.5. The Morgan fingerprint density at radius 3 is 2.52 bits per heavy atom. The Morgan fingerprint density at radius 1 is 1.06 bits per heavy atom. The Kier molecular flexibility index (Phi) is 6.95. The van der Waals surface area contributed by atoms with Crippen LogP contribution < -0.4 is 15.0 Å². The molecule has 3 heterocycles. The average molecular weight is 444 g/mol. The van der Waals surface area contributed by atoms with E-state index in [9.17, 15) is 4.79 Å². The Bertz CT molecular complexity index is 1120. The normalized spacial score (nSPS) is 13.3. The number of anilines is 2. The second kappa shape index (κ2) is 10.4. The summed E-state index contributed by atoms with van der Waals surface area (Å²) in [6, 6.07) is 17.5. The highest BCUT2D eigenvalue weighted by Crippen LogP contribution is 2.18. The van der Waals surface area contributed by atoms with Crippen LogP contribution in [0.2, 0.25) is 0 Å². The highest BCUT2D eigenvalue weighted by Gasteiger charge is 2.18. The Morgan fingerprint density at radius 2 is 1.85 bits per heavy atom. The van der Waals surface area contributed by atoms with Gasteiger partial charge in [-0.25, -0.2) is 4.98 Å². The summed E-state index contributed by atoms with van der Waals surface area (Å²) in [5, 5.41) is 20.4. The van der Waals surface area contributed by atoms with Gasteiger partial charge in [-0.3, -0.25) is 4.79 Å². The molecule has 0 aliphatic carbocycles. The van der Waals surface area contributed by atoms with Gasteiger partial charge in [0.25, 0.3) is 0 Å². The molecule has 4 rings (SSSR count). The summed E-state index contributed by atoms with van der Waals surface area (Å²) in [4.78, 5) is 19.6. The molecule has 9 heteroatoms. The monoisotopic (exact) mass is 443 g/mol. The third-order valence-electron chi connectivity index (χ3n) is 5.47. The number of hydrogen-bond acceptors (Lipinski definition) is 8. The van der Waals surface area contributed by atoms with Crippen molar-refractivity contribution in [3.8, 4) is 11.9 Å². The molecule has 0 atom stereocenters. The third-order valence-corrected chi connectivity index (χ3v) is 5.47. The molecule has 1 aliphatic heterocycles. The molecule has 9 nitrogen and oxygen atoms in total. The Balaban J connectivity index is 1.24. The molecule has 1 fully saturated rings. The zero-order valence-corrected chi connectivity index (χ0v) is 18.4. The van der Waals surface area contributed by atoms with Crippen LogP contribution >= 0.6 is 0 Å². The van der Waals surface area contributed by atoms with Crippen molar-refractivity contribution in [1.29, 1.82) is 5.26 Å². The van der Waals surface area contributed by atoms with Crippen LogP contribution in [0.3, 0.4) is 0 Å². The van der Waals surface area contributed by atoms with Gasteiger partial charge in [0, 0.05) is 57.6 Å². The molecule has 168 valence electrons. The van der Waals surface area contributed by atoms with Gasteiger partial charge in [-0.2, -0.15) is 5.26 Å². The maximum Gasteiger partial charge on any atom is 0.233 e. The first kappa shape index (κ1) is 22.0. The molecule has 1 saturated heterocycles. The van der Waals surface area contributed by atoms with Crippen LogP contribution in [0.15, 0.2) is 54.7 Å². The standard InChI is InChI=1S/C24H25N7O2/c1-18(32)30-10-12-31(13-11-30)22-4-2-19(3-5-22)16-27-23-6-7-24(29-28-23)33-17-20-8-9-26-21(14-20)15-25/h2-9,14H,10-13,16-17H2,1H3,(H,27,28). The van der Waals surface area contributed by atoms with Crippen LogP contribution in [-0.4, -0.2) is 52.2 Å².